The first-order chi connectivity index (χ1) is 6.07. The lowest BCUT2D eigenvalue weighted by Gasteiger charge is -2.34. The Hall–Kier alpha value is -0.570. The van der Waals surface area contributed by atoms with Crippen molar-refractivity contribution >= 4 is 5.97 Å². The van der Waals surface area contributed by atoms with Gasteiger partial charge in [0.05, 0.1) is 12.0 Å². The summed E-state index contributed by atoms with van der Waals surface area (Å²) in [7, 11) is 0. The van der Waals surface area contributed by atoms with Crippen molar-refractivity contribution in [2.24, 2.45) is 11.3 Å². The highest BCUT2D eigenvalue weighted by molar-refractivity contribution is 5.74. The van der Waals surface area contributed by atoms with Crippen molar-refractivity contribution in [2.45, 2.75) is 33.1 Å². The first kappa shape index (κ1) is 10.5. The van der Waals surface area contributed by atoms with Gasteiger partial charge in [0.1, 0.15) is 0 Å². The monoisotopic (exact) mass is 186 g/mol. The zero-order valence-electron chi connectivity index (χ0n) is 8.38. The third-order valence-corrected chi connectivity index (χ3v) is 2.58. The summed E-state index contributed by atoms with van der Waals surface area (Å²) in [5.41, 5.74) is -0.605. The second kappa shape index (κ2) is 4.09. The number of carbonyl (C=O) groups is 1. The Morgan fingerprint density at radius 2 is 2.31 bits per heavy atom. The molecule has 1 N–H and O–H groups in total. The molecule has 1 rings (SSSR count). The first-order valence-electron chi connectivity index (χ1n) is 4.88. The summed E-state index contributed by atoms with van der Waals surface area (Å²) in [6.07, 6.45) is 2.36. The summed E-state index contributed by atoms with van der Waals surface area (Å²) in [5.74, 6) is -0.279. The minimum Gasteiger partial charge on any atom is -0.481 e. The fourth-order valence-corrected chi connectivity index (χ4v) is 2.05. The van der Waals surface area contributed by atoms with Gasteiger partial charge in [-0.3, -0.25) is 4.79 Å². The lowest BCUT2D eigenvalue weighted by molar-refractivity contribution is -0.159. The van der Waals surface area contributed by atoms with Crippen molar-refractivity contribution < 1.29 is 14.6 Å². The predicted molar refractivity (Wildman–Crippen MR) is 49.6 cm³/mol. The fraction of sp³-hybridized carbons (Fsp3) is 0.900. The molecule has 3 heteroatoms. The van der Waals surface area contributed by atoms with Gasteiger partial charge in [0.25, 0.3) is 0 Å². The van der Waals surface area contributed by atoms with E-state index in [-0.39, 0.29) is 0 Å². The smallest absolute Gasteiger partial charge is 0.311 e. The topological polar surface area (TPSA) is 46.5 Å². The van der Waals surface area contributed by atoms with Crippen molar-refractivity contribution in [1.82, 2.24) is 0 Å². The maximum Gasteiger partial charge on any atom is 0.311 e. The molecule has 0 aromatic heterocycles. The normalized spacial score (nSPS) is 29.2. The Labute approximate surface area is 79.1 Å². The summed E-state index contributed by atoms with van der Waals surface area (Å²) in [6.45, 7) is 5.21. The molecular formula is C10H18O3. The highest BCUT2D eigenvalue weighted by Crippen LogP contribution is 2.35. The van der Waals surface area contributed by atoms with E-state index in [9.17, 15) is 4.79 Å². The van der Waals surface area contributed by atoms with E-state index in [1.54, 1.807) is 0 Å². The summed E-state index contributed by atoms with van der Waals surface area (Å²) >= 11 is 0. The second-order valence-electron chi connectivity index (χ2n) is 4.34. The summed E-state index contributed by atoms with van der Waals surface area (Å²) in [5, 5.41) is 9.16. The zero-order chi connectivity index (χ0) is 9.90. The molecule has 0 bridgehead atoms. The van der Waals surface area contributed by atoms with E-state index < -0.39 is 11.4 Å². The molecule has 1 unspecified atom stereocenters. The molecule has 13 heavy (non-hydrogen) atoms. The standard InChI is InChI=1S/C10H18O3/c1-8(2)6-10(9(11)12)4-3-5-13-7-10/h8H,3-7H2,1-2H3,(H,11,12). The lowest BCUT2D eigenvalue weighted by Crippen LogP contribution is -2.40. The van der Waals surface area contributed by atoms with E-state index in [4.69, 9.17) is 9.84 Å². The van der Waals surface area contributed by atoms with Crippen molar-refractivity contribution in [3.05, 3.63) is 0 Å². The highest BCUT2D eigenvalue weighted by Gasteiger charge is 2.40. The highest BCUT2D eigenvalue weighted by atomic mass is 16.5. The average Bonchev–Trinajstić information content (AvgIpc) is 2.04. The third-order valence-electron chi connectivity index (χ3n) is 2.58. The number of ether oxygens (including phenoxy) is 1. The SMILES string of the molecule is CC(C)CC1(C(=O)O)CCCOC1. The molecule has 0 aromatic carbocycles. The van der Waals surface area contributed by atoms with Gasteiger partial charge in [-0.2, -0.15) is 0 Å². The maximum atomic E-state index is 11.1. The van der Waals surface area contributed by atoms with Crippen LogP contribution < -0.4 is 0 Å². The van der Waals surface area contributed by atoms with Crippen LogP contribution >= 0.6 is 0 Å². The summed E-state index contributed by atoms with van der Waals surface area (Å²) < 4.78 is 5.27. The van der Waals surface area contributed by atoms with Gasteiger partial charge in [-0.05, 0) is 25.2 Å². The molecule has 1 fully saturated rings. The van der Waals surface area contributed by atoms with Crippen LogP contribution in [0.2, 0.25) is 0 Å². The second-order valence-corrected chi connectivity index (χ2v) is 4.34. The molecule has 1 atom stereocenters. The molecule has 76 valence electrons. The van der Waals surface area contributed by atoms with Gasteiger partial charge < -0.3 is 9.84 Å². The number of carboxylic acid groups (broad SMARTS) is 1. The molecule has 0 radical (unpaired) electrons. The molecule has 1 heterocycles. The summed E-state index contributed by atoms with van der Waals surface area (Å²) in [4.78, 5) is 11.1. The molecule has 1 saturated heterocycles. The number of hydrogen-bond donors (Lipinski definition) is 1. The van der Waals surface area contributed by atoms with Crippen LogP contribution in [0.1, 0.15) is 33.1 Å². The van der Waals surface area contributed by atoms with Crippen LogP contribution in [0.4, 0.5) is 0 Å². The van der Waals surface area contributed by atoms with Crippen LogP contribution in [0.25, 0.3) is 0 Å². The van der Waals surface area contributed by atoms with Gasteiger partial charge in [0.2, 0.25) is 0 Å². The van der Waals surface area contributed by atoms with E-state index in [1.807, 2.05) is 0 Å². The third kappa shape index (κ3) is 2.44. The minimum atomic E-state index is -0.694. The van der Waals surface area contributed by atoms with Gasteiger partial charge in [-0.25, -0.2) is 0 Å². The predicted octanol–water partition coefficient (Wildman–Crippen LogP) is 1.91. The van der Waals surface area contributed by atoms with Gasteiger partial charge in [-0.1, -0.05) is 13.8 Å². The van der Waals surface area contributed by atoms with Crippen LogP contribution in [-0.4, -0.2) is 24.3 Å². The van der Waals surface area contributed by atoms with Crippen molar-refractivity contribution in [3.8, 4) is 0 Å². The molecule has 0 aromatic rings. The molecule has 0 aliphatic carbocycles. The van der Waals surface area contributed by atoms with E-state index in [0.717, 1.165) is 19.3 Å². The molecular weight excluding hydrogens is 168 g/mol. The van der Waals surface area contributed by atoms with Gasteiger partial charge in [0, 0.05) is 6.61 Å². The van der Waals surface area contributed by atoms with Crippen molar-refractivity contribution in [2.75, 3.05) is 13.2 Å². The molecule has 0 saturated carbocycles. The average molecular weight is 186 g/mol. The Morgan fingerprint density at radius 3 is 2.69 bits per heavy atom. The molecule has 1 aliphatic heterocycles. The minimum absolute atomic E-state index is 0.389. The van der Waals surface area contributed by atoms with E-state index in [0.29, 0.717) is 19.1 Å². The van der Waals surface area contributed by atoms with Crippen molar-refractivity contribution in [1.29, 1.82) is 0 Å². The van der Waals surface area contributed by atoms with Gasteiger partial charge in [-0.15, -0.1) is 0 Å². The van der Waals surface area contributed by atoms with E-state index in [2.05, 4.69) is 13.8 Å². The van der Waals surface area contributed by atoms with Crippen LogP contribution in [0.5, 0.6) is 0 Å². The largest absolute Gasteiger partial charge is 0.481 e. The zero-order valence-corrected chi connectivity index (χ0v) is 8.38. The van der Waals surface area contributed by atoms with Crippen LogP contribution in [0.15, 0.2) is 0 Å². The van der Waals surface area contributed by atoms with Gasteiger partial charge in [0.15, 0.2) is 0 Å². The van der Waals surface area contributed by atoms with E-state index in [1.165, 1.54) is 0 Å². The number of rotatable bonds is 3. The van der Waals surface area contributed by atoms with Crippen LogP contribution in [0.3, 0.4) is 0 Å². The Kier molecular flexibility index (Phi) is 3.31. The Morgan fingerprint density at radius 1 is 1.62 bits per heavy atom. The number of hydrogen-bond acceptors (Lipinski definition) is 2. The molecule has 3 nitrogen and oxygen atoms in total. The number of aliphatic carboxylic acids is 1. The van der Waals surface area contributed by atoms with Crippen molar-refractivity contribution in [3.63, 3.8) is 0 Å². The molecule has 0 amide bonds. The first-order valence-corrected chi connectivity index (χ1v) is 4.88. The van der Waals surface area contributed by atoms with Crippen LogP contribution in [-0.2, 0) is 9.53 Å². The summed E-state index contributed by atoms with van der Waals surface area (Å²) in [6, 6.07) is 0. The maximum absolute atomic E-state index is 11.1. The van der Waals surface area contributed by atoms with Gasteiger partial charge >= 0.3 is 5.97 Å². The Balaban J connectivity index is 2.67. The Bertz CT molecular complexity index is 181. The molecule has 0 spiro atoms. The number of carboxylic acids is 1. The molecule has 1 aliphatic rings. The lowest BCUT2D eigenvalue weighted by atomic mass is 9.76. The fourth-order valence-electron chi connectivity index (χ4n) is 2.05. The quantitative estimate of drug-likeness (QED) is 0.732. The van der Waals surface area contributed by atoms with E-state index >= 15 is 0 Å². The van der Waals surface area contributed by atoms with Crippen LogP contribution in [0, 0.1) is 11.3 Å².